The van der Waals surface area contributed by atoms with Gasteiger partial charge in [0.25, 0.3) is 10.0 Å². The van der Waals surface area contributed by atoms with Gasteiger partial charge in [0.05, 0.1) is 10.5 Å². The number of hydrogen-bond donors (Lipinski definition) is 1. The van der Waals surface area contributed by atoms with E-state index in [-0.39, 0.29) is 21.8 Å². The Hall–Kier alpha value is -2.65. The van der Waals surface area contributed by atoms with Gasteiger partial charge in [-0.05, 0) is 59.9 Å². The summed E-state index contributed by atoms with van der Waals surface area (Å²) < 4.78 is 66.3. The second kappa shape index (κ2) is 7.55. The number of hydrogen-bond acceptors (Lipinski definition) is 4. The highest BCUT2D eigenvalue weighted by Gasteiger charge is 2.33. The molecule has 0 fully saturated rings. The van der Waals surface area contributed by atoms with Crippen LogP contribution in [-0.2, 0) is 22.6 Å². The number of sulfonamides is 1. The molecule has 0 amide bonds. The van der Waals surface area contributed by atoms with Gasteiger partial charge in [0, 0.05) is 23.3 Å². The zero-order valence-electron chi connectivity index (χ0n) is 15.3. The van der Waals surface area contributed by atoms with Crippen LogP contribution in [0.1, 0.15) is 34.6 Å². The van der Waals surface area contributed by atoms with E-state index in [1.807, 2.05) is 0 Å². The molecule has 5 nitrogen and oxygen atoms in total. The van der Waals surface area contributed by atoms with E-state index in [1.54, 1.807) is 18.2 Å². The highest BCUT2D eigenvalue weighted by atomic mass is 35.5. The molecule has 1 aliphatic rings. The van der Waals surface area contributed by atoms with Crippen molar-refractivity contribution in [3.8, 4) is 0 Å². The molecule has 1 N–H and O–H groups in total. The molecule has 10 heteroatoms. The lowest BCUT2D eigenvalue weighted by Crippen LogP contribution is -2.15. The summed E-state index contributed by atoms with van der Waals surface area (Å²) in [5.41, 5.74) is 1.46. The van der Waals surface area contributed by atoms with E-state index in [0.29, 0.717) is 18.4 Å². The number of anilines is 1. The minimum atomic E-state index is -4.46. The van der Waals surface area contributed by atoms with Crippen LogP contribution in [0.3, 0.4) is 0 Å². The second-order valence-electron chi connectivity index (χ2n) is 6.86. The first-order valence-electron chi connectivity index (χ1n) is 8.94. The SMILES string of the molecule is O=S(=O)(Nc1ncccn1)c1ccc2c(c1)CCC2c1ccc(C(F)(F)F)cc1Cl. The fourth-order valence-electron chi connectivity index (χ4n) is 3.60. The number of aryl methyl sites for hydroxylation is 1. The quantitative estimate of drug-likeness (QED) is 0.601. The molecule has 1 atom stereocenters. The first kappa shape index (κ1) is 20.6. The van der Waals surface area contributed by atoms with Gasteiger partial charge in [0.15, 0.2) is 0 Å². The van der Waals surface area contributed by atoms with Crippen LogP contribution in [0.5, 0.6) is 0 Å². The van der Waals surface area contributed by atoms with E-state index in [2.05, 4.69) is 14.7 Å². The van der Waals surface area contributed by atoms with Crippen LogP contribution in [0.2, 0.25) is 5.02 Å². The number of alkyl halides is 3. The fourth-order valence-corrected chi connectivity index (χ4v) is 4.92. The molecule has 0 saturated heterocycles. The Balaban J connectivity index is 1.63. The van der Waals surface area contributed by atoms with Crippen LogP contribution in [-0.4, -0.2) is 18.4 Å². The Labute approximate surface area is 176 Å². The molecule has 0 saturated carbocycles. The van der Waals surface area contributed by atoms with Crippen molar-refractivity contribution in [3.63, 3.8) is 0 Å². The molecule has 1 aliphatic carbocycles. The summed E-state index contributed by atoms with van der Waals surface area (Å²) in [6, 6.07) is 9.61. The first-order chi connectivity index (χ1) is 14.1. The van der Waals surface area contributed by atoms with E-state index in [4.69, 9.17) is 11.6 Å². The maximum atomic E-state index is 12.9. The third-order valence-corrected chi connectivity index (χ3v) is 6.65. The number of nitrogens with zero attached hydrogens (tertiary/aromatic N) is 2. The van der Waals surface area contributed by atoms with E-state index in [1.165, 1.54) is 24.5 Å². The number of benzene rings is 2. The number of fused-ring (bicyclic) bond motifs is 1. The molecule has 1 aromatic heterocycles. The molecule has 4 rings (SSSR count). The summed E-state index contributed by atoms with van der Waals surface area (Å²) >= 11 is 6.16. The van der Waals surface area contributed by atoms with E-state index in [9.17, 15) is 21.6 Å². The van der Waals surface area contributed by atoms with Crippen molar-refractivity contribution in [2.75, 3.05) is 4.72 Å². The normalized spacial score (nSPS) is 16.3. The van der Waals surface area contributed by atoms with Gasteiger partial charge in [-0.2, -0.15) is 13.2 Å². The van der Waals surface area contributed by atoms with Crippen LogP contribution in [0.25, 0.3) is 0 Å². The molecule has 0 radical (unpaired) electrons. The predicted octanol–water partition coefficient (Wildman–Crippen LogP) is 5.03. The fraction of sp³-hybridized carbons (Fsp3) is 0.200. The molecule has 30 heavy (non-hydrogen) atoms. The van der Waals surface area contributed by atoms with Crippen molar-refractivity contribution in [2.45, 2.75) is 29.8 Å². The first-order valence-corrected chi connectivity index (χ1v) is 10.8. The molecular formula is C20H15ClF3N3O2S. The van der Waals surface area contributed by atoms with E-state index >= 15 is 0 Å². The smallest absolute Gasteiger partial charge is 0.247 e. The monoisotopic (exact) mass is 453 g/mol. The summed E-state index contributed by atoms with van der Waals surface area (Å²) in [6.45, 7) is 0. The highest BCUT2D eigenvalue weighted by molar-refractivity contribution is 7.92. The predicted molar refractivity (Wildman–Crippen MR) is 106 cm³/mol. The average molecular weight is 454 g/mol. The maximum absolute atomic E-state index is 12.9. The van der Waals surface area contributed by atoms with Crippen LogP contribution in [0.15, 0.2) is 59.8 Å². The molecule has 1 heterocycles. The van der Waals surface area contributed by atoms with Crippen molar-refractivity contribution >= 4 is 27.6 Å². The van der Waals surface area contributed by atoms with Crippen LogP contribution >= 0.6 is 11.6 Å². The van der Waals surface area contributed by atoms with Crippen molar-refractivity contribution in [1.82, 2.24) is 9.97 Å². The van der Waals surface area contributed by atoms with Gasteiger partial charge in [-0.15, -0.1) is 0 Å². The molecule has 2 aromatic carbocycles. The molecular weight excluding hydrogens is 439 g/mol. The zero-order chi connectivity index (χ0) is 21.5. The lowest BCUT2D eigenvalue weighted by molar-refractivity contribution is -0.137. The van der Waals surface area contributed by atoms with Crippen molar-refractivity contribution in [1.29, 1.82) is 0 Å². The van der Waals surface area contributed by atoms with Crippen LogP contribution < -0.4 is 4.72 Å². The minimum Gasteiger partial charge on any atom is -0.247 e. The summed E-state index contributed by atoms with van der Waals surface area (Å²) in [5, 5.41) is 0.0438. The molecule has 0 aliphatic heterocycles. The lowest BCUT2D eigenvalue weighted by atomic mass is 9.92. The summed E-state index contributed by atoms with van der Waals surface area (Å²) in [7, 11) is -3.87. The van der Waals surface area contributed by atoms with Crippen molar-refractivity contribution in [2.24, 2.45) is 0 Å². The summed E-state index contributed by atoms with van der Waals surface area (Å²) in [5.74, 6) is -0.232. The van der Waals surface area contributed by atoms with Crippen molar-refractivity contribution < 1.29 is 21.6 Å². The number of halogens is 4. The lowest BCUT2D eigenvalue weighted by Gasteiger charge is -2.16. The Morgan fingerprint density at radius 3 is 2.40 bits per heavy atom. The van der Waals surface area contributed by atoms with Crippen LogP contribution in [0.4, 0.5) is 19.1 Å². The molecule has 3 aromatic rings. The van der Waals surface area contributed by atoms with Gasteiger partial charge in [-0.25, -0.2) is 23.1 Å². The van der Waals surface area contributed by atoms with Gasteiger partial charge in [-0.3, -0.25) is 0 Å². The van der Waals surface area contributed by atoms with E-state index in [0.717, 1.165) is 23.3 Å². The average Bonchev–Trinajstić information content (AvgIpc) is 3.11. The molecule has 0 bridgehead atoms. The minimum absolute atomic E-state index is 0.0348. The number of rotatable bonds is 4. The third-order valence-electron chi connectivity index (χ3n) is 5.00. The Morgan fingerprint density at radius 1 is 1.03 bits per heavy atom. The van der Waals surface area contributed by atoms with Gasteiger partial charge >= 0.3 is 6.18 Å². The summed E-state index contributed by atoms with van der Waals surface area (Å²) in [6.07, 6.45) is -0.409. The van der Waals surface area contributed by atoms with Gasteiger partial charge in [-0.1, -0.05) is 23.7 Å². The maximum Gasteiger partial charge on any atom is 0.416 e. The van der Waals surface area contributed by atoms with Crippen molar-refractivity contribution in [3.05, 3.63) is 82.1 Å². The number of nitrogens with one attached hydrogen (secondary N) is 1. The molecule has 156 valence electrons. The molecule has 0 spiro atoms. The second-order valence-corrected chi connectivity index (χ2v) is 8.95. The summed E-state index contributed by atoms with van der Waals surface area (Å²) in [4.78, 5) is 7.77. The van der Waals surface area contributed by atoms with Gasteiger partial charge in [0.2, 0.25) is 5.95 Å². The third kappa shape index (κ3) is 3.99. The number of aromatic nitrogens is 2. The Bertz CT molecular complexity index is 1200. The van der Waals surface area contributed by atoms with Crippen LogP contribution in [0, 0.1) is 0 Å². The Kier molecular flexibility index (Phi) is 5.19. The standard InChI is InChI=1S/C20H15ClF3N3O2S/c21-18-11-13(20(22,23)24)3-6-17(18)16-5-2-12-10-14(4-7-15(12)16)30(28,29)27-19-25-8-1-9-26-19/h1,3-4,6-11,16H,2,5H2,(H,25,26,27). The zero-order valence-corrected chi connectivity index (χ0v) is 16.9. The largest absolute Gasteiger partial charge is 0.416 e. The highest BCUT2D eigenvalue weighted by Crippen LogP contribution is 2.43. The van der Waals surface area contributed by atoms with E-state index < -0.39 is 21.8 Å². The Morgan fingerprint density at radius 2 is 1.73 bits per heavy atom. The van der Waals surface area contributed by atoms with Gasteiger partial charge in [0.1, 0.15) is 0 Å². The topological polar surface area (TPSA) is 72.0 Å². The molecule has 1 unspecified atom stereocenters. The van der Waals surface area contributed by atoms with Gasteiger partial charge < -0.3 is 0 Å².